The first-order valence-electron chi connectivity index (χ1n) is 5.89. The Morgan fingerprint density at radius 3 is 2.61 bits per heavy atom. The van der Waals surface area contributed by atoms with E-state index in [0.717, 1.165) is 6.42 Å². The van der Waals surface area contributed by atoms with E-state index in [1.807, 2.05) is 22.7 Å². The minimum absolute atomic E-state index is 0.421. The summed E-state index contributed by atoms with van der Waals surface area (Å²) in [6.45, 7) is 2.13. The predicted molar refractivity (Wildman–Crippen MR) is 86.3 cm³/mol. The Morgan fingerprint density at radius 1 is 1.11 bits per heavy atom. The van der Waals surface area contributed by atoms with Crippen molar-refractivity contribution in [2.45, 2.75) is 18.2 Å². The van der Waals surface area contributed by atoms with Crippen LogP contribution < -0.4 is 0 Å². The van der Waals surface area contributed by atoms with Gasteiger partial charge in [-0.05, 0) is 36.4 Å². The Bertz CT molecular complexity index is 620. The van der Waals surface area contributed by atoms with Gasteiger partial charge >= 0.3 is 0 Å². The summed E-state index contributed by atoms with van der Waals surface area (Å²) in [6, 6.07) is 13.3. The molecule has 2 heterocycles. The van der Waals surface area contributed by atoms with Gasteiger partial charge in [-0.1, -0.05) is 45.8 Å². The molecule has 0 N–H and O–H groups in total. The molecule has 3 rings (SSSR count). The molecule has 2 aromatic heterocycles. The fourth-order valence-corrected chi connectivity index (χ4v) is 4.85. The van der Waals surface area contributed by atoms with Crippen molar-refractivity contribution in [2.75, 3.05) is 0 Å². The third kappa shape index (κ3) is 2.53. The molecule has 1 aromatic carbocycles. The van der Waals surface area contributed by atoms with Gasteiger partial charge in [0, 0.05) is 14.3 Å². The molecule has 0 saturated heterocycles. The van der Waals surface area contributed by atoms with Crippen molar-refractivity contribution in [1.29, 1.82) is 0 Å². The van der Waals surface area contributed by atoms with Crippen LogP contribution in [0.25, 0.3) is 9.40 Å². The largest absolute Gasteiger partial charge is 0.143 e. The highest BCUT2D eigenvalue weighted by molar-refractivity contribution is 9.09. The standard InChI is InChI=1S/C15H13BrS2/c1-10-2-4-11(5-3-10)8-12(16)14-9-15-13(18-14)6-7-17-15/h2-7,9,12H,8H2,1H3. The lowest BCUT2D eigenvalue weighted by atomic mass is 10.1. The van der Waals surface area contributed by atoms with Gasteiger partial charge in [0.05, 0.1) is 4.83 Å². The highest BCUT2D eigenvalue weighted by Gasteiger charge is 2.12. The van der Waals surface area contributed by atoms with Gasteiger partial charge in [0.15, 0.2) is 0 Å². The van der Waals surface area contributed by atoms with E-state index in [4.69, 9.17) is 0 Å². The molecule has 0 amide bonds. The van der Waals surface area contributed by atoms with Crippen LogP contribution in [0.15, 0.2) is 41.8 Å². The number of hydrogen-bond donors (Lipinski definition) is 0. The zero-order valence-electron chi connectivity index (χ0n) is 10.0. The van der Waals surface area contributed by atoms with Crippen LogP contribution in [0.1, 0.15) is 20.8 Å². The molecule has 0 nitrogen and oxygen atoms in total. The van der Waals surface area contributed by atoms with Crippen molar-refractivity contribution in [3.8, 4) is 0 Å². The molecule has 0 radical (unpaired) electrons. The molecule has 0 saturated carbocycles. The van der Waals surface area contributed by atoms with E-state index in [1.165, 1.54) is 25.4 Å². The first kappa shape index (κ1) is 12.4. The zero-order valence-corrected chi connectivity index (χ0v) is 13.2. The van der Waals surface area contributed by atoms with Crippen molar-refractivity contribution in [3.05, 3.63) is 57.8 Å². The summed E-state index contributed by atoms with van der Waals surface area (Å²) in [7, 11) is 0. The molecule has 92 valence electrons. The smallest absolute Gasteiger partial charge is 0.0530 e. The minimum Gasteiger partial charge on any atom is -0.143 e. The third-order valence-corrected chi connectivity index (χ3v) is 6.33. The van der Waals surface area contributed by atoms with Gasteiger partial charge in [0.25, 0.3) is 0 Å². The van der Waals surface area contributed by atoms with Crippen LogP contribution in [0.4, 0.5) is 0 Å². The summed E-state index contributed by atoms with van der Waals surface area (Å²) >= 11 is 7.54. The van der Waals surface area contributed by atoms with Crippen molar-refractivity contribution in [2.24, 2.45) is 0 Å². The van der Waals surface area contributed by atoms with E-state index in [-0.39, 0.29) is 0 Å². The molecule has 1 atom stereocenters. The van der Waals surface area contributed by atoms with Crippen molar-refractivity contribution >= 4 is 48.0 Å². The Balaban J connectivity index is 1.80. The molecule has 3 aromatic rings. The second-order valence-corrected chi connectivity index (χ2v) is 7.62. The van der Waals surface area contributed by atoms with E-state index in [0.29, 0.717) is 4.83 Å². The lowest BCUT2D eigenvalue weighted by Crippen LogP contribution is -1.92. The molecular weight excluding hydrogens is 324 g/mol. The van der Waals surface area contributed by atoms with E-state index in [9.17, 15) is 0 Å². The van der Waals surface area contributed by atoms with Gasteiger partial charge in [-0.25, -0.2) is 0 Å². The molecule has 0 aliphatic carbocycles. The quantitative estimate of drug-likeness (QED) is 0.518. The number of halogens is 1. The molecule has 18 heavy (non-hydrogen) atoms. The molecular formula is C15H13BrS2. The van der Waals surface area contributed by atoms with Crippen LogP contribution in [0, 0.1) is 6.92 Å². The number of benzene rings is 1. The summed E-state index contributed by atoms with van der Waals surface area (Å²) in [5.74, 6) is 0. The normalized spacial score (nSPS) is 13.0. The van der Waals surface area contributed by atoms with Crippen LogP contribution in [-0.4, -0.2) is 0 Å². The van der Waals surface area contributed by atoms with Crippen LogP contribution in [0.3, 0.4) is 0 Å². The zero-order chi connectivity index (χ0) is 12.5. The van der Waals surface area contributed by atoms with Crippen molar-refractivity contribution < 1.29 is 0 Å². The molecule has 1 unspecified atom stereocenters. The molecule has 0 spiro atoms. The van der Waals surface area contributed by atoms with Crippen LogP contribution in [0.5, 0.6) is 0 Å². The fourth-order valence-electron chi connectivity index (χ4n) is 1.97. The first-order chi connectivity index (χ1) is 8.72. The van der Waals surface area contributed by atoms with Gasteiger partial charge in [-0.2, -0.15) is 0 Å². The summed E-state index contributed by atoms with van der Waals surface area (Å²) in [6.07, 6.45) is 1.05. The monoisotopic (exact) mass is 336 g/mol. The van der Waals surface area contributed by atoms with Crippen molar-refractivity contribution in [1.82, 2.24) is 0 Å². The van der Waals surface area contributed by atoms with E-state index >= 15 is 0 Å². The Morgan fingerprint density at radius 2 is 1.89 bits per heavy atom. The van der Waals surface area contributed by atoms with Gasteiger partial charge in [0.2, 0.25) is 0 Å². The predicted octanol–water partition coefficient (Wildman–Crippen LogP) is 5.95. The Kier molecular flexibility index (Phi) is 3.55. The van der Waals surface area contributed by atoms with Crippen LogP contribution in [0.2, 0.25) is 0 Å². The van der Waals surface area contributed by atoms with Gasteiger partial charge in [-0.15, -0.1) is 22.7 Å². The molecule has 0 bridgehead atoms. The maximum Gasteiger partial charge on any atom is 0.0530 e. The SMILES string of the molecule is Cc1ccc(CC(Br)c2cc3sccc3s2)cc1. The van der Waals surface area contributed by atoms with Gasteiger partial charge in [0.1, 0.15) is 0 Å². The summed E-state index contributed by atoms with van der Waals surface area (Å²) in [4.78, 5) is 1.85. The van der Waals surface area contributed by atoms with E-state index < -0.39 is 0 Å². The number of thiophene rings is 2. The number of rotatable bonds is 3. The molecule has 0 fully saturated rings. The van der Waals surface area contributed by atoms with E-state index in [2.05, 4.69) is 64.6 Å². The summed E-state index contributed by atoms with van der Waals surface area (Å²) in [5, 5.41) is 2.16. The van der Waals surface area contributed by atoms with Crippen LogP contribution in [-0.2, 0) is 6.42 Å². The highest BCUT2D eigenvalue weighted by atomic mass is 79.9. The Labute approximate surface area is 123 Å². The average molecular weight is 337 g/mol. The Hall–Kier alpha value is -0.640. The maximum absolute atomic E-state index is 3.82. The number of alkyl halides is 1. The second-order valence-electron chi connectivity index (χ2n) is 4.46. The third-order valence-electron chi connectivity index (χ3n) is 3.00. The molecule has 0 aliphatic heterocycles. The summed E-state index contributed by atoms with van der Waals surface area (Å²) < 4.78 is 2.81. The lowest BCUT2D eigenvalue weighted by Gasteiger charge is -2.07. The lowest BCUT2D eigenvalue weighted by molar-refractivity contribution is 0.969. The van der Waals surface area contributed by atoms with E-state index in [1.54, 1.807) is 0 Å². The first-order valence-corrected chi connectivity index (χ1v) is 8.50. The molecule has 3 heteroatoms. The highest BCUT2D eigenvalue weighted by Crippen LogP contribution is 2.38. The number of aryl methyl sites for hydroxylation is 1. The maximum atomic E-state index is 3.82. The fraction of sp³-hybridized carbons (Fsp3) is 0.200. The molecule has 0 aliphatic rings. The van der Waals surface area contributed by atoms with Gasteiger partial charge in [-0.3, -0.25) is 0 Å². The number of fused-ring (bicyclic) bond motifs is 1. The van der Waals surface area contributed by atoms with Crippen molar-refractivity contribution in [3.63, 3.8) is 0 Å². The topological polar surface area (TPSA) is 0 Å². The number of hydrogen-bond acceptors (Lipinski definition) is 2. The summed E-state index contributed by atoms with van der Waals surface area (Å²) in [5.41, 5.74) is 2.71. The second kappa shape index (κ2) is 5.16. The minimum atomic E-state index is 0.421. The average Bonchev–Trinajstić information content (AvgIpc) is 2.92. The van der Waals surface area contributed by atoms with Crippen LogP contribution >= 0.6 is 38.6 Å². The van der Waals surface area contributed by atoms with Gasteiger partial charge < -0.3 is 0 Å².